The monoisotopic (exact) mass is 289 g/mol. The van der Waals surface area contributed by atoms with Crippen molar-refractivity contribution in [3.05, 3.63) is 41.0 Å². The average molecular weight is 289 g/mol. The van der Waals surface area contributed by atoms with Crippen molar-refractivity contribution in [2.24, 2.45) is 0 Å². The Morgan fingerprint density at radius 1 is 1.16 bits per heavy atom. The van der Waals surface area contributed by atoms with Crippen molar-refractivity contribution < 1.29 is 9.90 Å². The van der Waals surface area contributed by atoms with Crippen LogP contribution in [0.2, 0.25) is 0 Å². The highest BCUT2D eigenvalue weighted by Crippen LogP contribution is 2.31. The molecule has 0 saturated heterocycles. The lowest BCUT2D eigenvalue weighted by Crippen LogP contribution is -1.91. The summed E-state index contributed by atoms with van der Waals surface area (Å²) in [4.78, 5) is 24.3. The zero-order valence-electron chi connectivity index (χ0n) is 9.48. The maximum Gasteiger partial charge on any atom is 0.336 e. The molecule has 3 rings (SSSR count). The van der Waals surface area contributed by atoms with Gasteiger partial charge in [-0.25, -0.2) is 9.78 Å². The predicted octanol–water partition coefficient (Wildman–Crippen LogP) is 3.03. The highest BCUT2D eigenvalue weighted by atomic mass is 32.1. The SMILES string of the molecule is O=C(O)c1csc(-c2csc(-c3cnccn3)n2)c1. The largest absolute Gasteiger partial charge is 0.478 e. The maximum absolute atomic E-state index is 10.8. The molecule has 3 heterocycles. The number of hydrogen-bond donors (Lipinski definition) is 1. The number of thiophene rings is 1. The average Bonchev–Trinajstić information content (AvgIpc) is 3.09. The summed E-state index contributed by atoms with van der Waals surface area (Å²) in [7, 11) is 0. The van der Waals surface area contributed by atoms with E-state index < -0.39 is 5.97 Å². The van der Waals surface area contributed by atoms with Gasteiger partial charge < -0.3 is 5.11 Å². The Bertz CT molecular complexity index is 721. The molecule has 0 saturated carbocycles. The van der Waals surface area contributed by atoms with E-state index in [9.17, 15) is 4.79 Å². The number of carboxylic acid groups (broad SMARTS) is 1. The quantitative estimate of drug-likeness (QED) is 0.802. The van der Waals surface area contributed by atoms with Gasteiger partial charge in [0.1, 0.15) is 10.7 Å². The number of aromatic carboxylic acids is 1. The predicted molar refractivity (Wildman–Crippen MR) is 73.4 cm³/mol. The third-order valence-corrected chi connectivity index (χ3v) is 4.20. The summed E-state index contributed by atoms with van der Waals surface area (Å²) in [5.41, 5.74) is 1.77. The van der Waals surface area contributed by atoms with E-state index in [1.807, 2.05) is 5.38 Å². The molecule has 94 valence electrons. The van der Waals surface area contributed by atoms with Gasteiger partial charge in [0.05, 0.1) is 22.3 Å². The molecule has 0 unspecified atom stereocenters. The van der Waals surface area contributed by atoms with Crippen LogP contribution in [0.5, 0.6) is 0 Å². The first kappa shape index (κ1) is 11.9. The molecule has 0 aliphatic carbocycles. The molecule has 7 heteroatoms. The molecule has 19 heavy (non-hydrogen) atoms. The third kappa shape index (κ3) is 2.38. The molecule has 3 aromatic rings. The van der Waals surface area contributed by atoms with Crippen LogP contribution in [0, 0.1) is 0 Å². The molecule has 0 atom stereocenters. The molecule has 1 N–H and O–H groups in total. The van der Waals surface area contributed by atoms with Gasteiger partial charge >= 0.3 is 5.97 Å². The summed E-state index contributed by atoms with van der Waals surface area (Å²) in [6.07, 6.45) is 4.88. The van der Waals surface area contributed by atoms with Gasteiger partial charge in [0.2, 0.25) is 0 Å². The van der Waals surface area contributed by atoms with Crippen molar-refractivity contribution in [1.82, 2.24) is 15.0 Å². The van der Waals surface area contributed by atoms with Gasteiger partial charge in [0.15, 0.2) is 0 Å². The molecule has 0 amide bonds. The Morgan fingerprint density at radius 2 is 2.05 bits per heavy atom. The fraction of sp³-hybridized carbons (Fsp3) is 0. The zero-order chi connectivity index (χ0) is 13.2. The van der Waals surface area contributed by atoms with E-state index in [1.165, 1.54) is 22.7 Å². The summed E-state index contributed by atoms with van der Waals surface area (Å²) in [6, 6.07) is 1.63. The van der Waals surface area contributed by atoms with E-state index in [-0.39, 0.29) is 5.56 Å². The Kier molecular flexibility index (Phi) is 3.06. The first-order valence-electron chi connectivity index (χ1n) is 5.28. The summed E-state index contributed by atoms with van der Waals surface area (Å²) in [6.45, 7) is 0. The van der Waals surface area contributed by atoms with E-state index in [1.54, 1.807) is 30.0 Å². The number of thiazole rings is 1. The molecule has 0 aliphatic heterocycles. The molecule has 0 fully saturated rings. The first-order chi connectivity index (χ1) is 9.24. The van der Waals surface area contributed by atoms with E-state index in [4.69, 9.17) is 5.11 Å². The van der Waals surface area contributed by atoms with Crippen LogP contribution in [0.1, 0.15) is 10.4 Å². The molecule has 0 bridgehead atoms. The molecule has 3 aromatic heterocycles. The van der Waals surface area contributed by atoms with E-state index in [2.05, 4.69) is 15.0 Å². The summed E-state index contributed by atoms with van der Waals surface area (Å²) in [5.74, 6) is -0.924. The van der Waals surface area contributed by atoms with Crippen LogP contribution in [0.25, 0.3) is 21.3 Å². The Balaban J connectivity index is 1.94. The fourth-order valence-corrected chi connectivity index (χ4v) is 3.19. The van der Waals surface area contributed by atoms with Crippen LogP contribution in [0.4, 0.5) is 0 Å². The minimum absolute atomic E-state index is 0.286. The molecule has 0 aromatic carbocycles. The number of carboxylic acids is 1. The van der Waals surface area contributed by atoms with Gasteiger partial charge in [-0.2, -0.15) is 0 Å². The lowest BCUT2D eigenvalue weighted by atomic mass is 10.3. The molecular formula is C12H7N3O2S2. The number of nitrogens with zero attached hydrogens (tertiary/aromatic N) is 3. The first-order valence-corrected chi connectivity index (χ1v) is 7.04. The second kappa shape index (κ2) is 4.87. The lowest BCUT2D eigenvalue weighted by Gasteiger charge is -1.92. The Labute approximate surface area is 116 Å². The van der Waals surface area contributed by atoms with Crippen LogP contribution in [-0.2, 0) is 0 Å². The molecular weight excluding hydrogens is 282 g/mol. The maximum atomic E-state index is 10.8. The van der Waals surface area contributed by atoms with Gasteiger partial charge in [-0.05, 0) is 6.07 Å². The fourth-order valence-electron chi connectivity index (χ4n) is 1.50. The smallest absolute Gasteiger partial charge is 0.336 e. The number of hydrogen-bond acceptors (Lipinski definition) is 6. The number of rotatable bonds is 3. The van der Waals surface area contributed by atoms with E-state index in [0.29, 0.717) is 5.69 Å². The molecule has 0 spiro atoms. The van der Waals surface area contributed by atoms with Gasteiger partial charge in [-0.15, -0.1) is 22.7 Å². The van der Waals surface area contributed by atoms with Crippen LogP contribution in [0.15, 0.2) is 35.4 Å². The van der Waals surface area contributed by atoms with Gasteiger partial charge in [0.25, 0.3) is 0 Å². The number of carbonyl (C=O) groups is 1. The minimum atomic E-state index is -0.924. The van der Waals surface area contributed by atoms with Crippen LogP contribution in [0.3, 0.4) is 0 Å². The molecule has 0 aliphatic rings. The van der Waals surface area contributed by atoms with Crippen molar-refractivity contribution in [2.75, 3.05) is 0 Å². The van der Waals surface area contributed by atoms with Crippen molar-refractivity contribution in [3.63, 3.8) is 0 Å². The standard InChI is InChI=1S/C12H7N3O2S2/c16-12(17)7-3-10(18-5-7)9-6-19-11(15-9)8-4-13-1-2-14-8/h1-6H,(H,16,17). The van der Waals surface area contributed by atoms with Crippen molar-refractivity contribution >= 4 is 28.6 Å². The van der Waals surface area contributed by atoms with Crippen LogP contribution < -0.4 is 0 Å². The summed E-state index contributed by atoms with van der Waals surface area (Å²) >= 11 is 2.83. The number of aromatic nitrogens is 3. The summed E-state index contributed by atoms with van der Waals surface area (Å²) in [5, 5.41) is 13.2. The van der Waals surface area contributed by atoms with E-state index >= 15 is 0 Å². The van der Waals surface area contributed by atoms with Gasteiger partial charge in [-0.1, -0.05) is 0 Å². The lowest BCUT2D eigenvalue weighted by molar-refractivity contribution is 0.0697. The zero-order valence-corrected chi connectivity index (χ0v) is 11.1. The van der Waals surface area contributed by atoms with Gasteiger partial charge in [-0.3, -0.25) is 9.97 Å². The Morgan fingerprint density at radius 3 is 2.74 bits per heavy atom. The van der Waals surface area contributed by atoms with Crippen molar-refractivity contribution in [2.45, 2.75) is 0 Å². The highest BCUT2D eigenvalue weighted by Gasteiger charge is 2.12. The topological polar surface area (TPSA) is 76.0 Å². The van der Waals surface area contributed by atoms with Gasteiger partial charge in [0, 0.05) is 23.2 Å². The third-order valence-electron chi connectivity index (χ3n) is 2.39. The highest BCUT2D eigenvalue weighted by molar-refractivity contribution is 7.15. The van der Waals surface area contributed by atoms with Crippen molar-refractivity contribution in [3.8, 4) is 21.3 Å². The van der Waals surface area contributed by atoms with Crippen LogP contribution in [-0.4, -0.2) is 26.0 Å². The second-order valence-electron chi connectivity index (χ2n) is 3.63. The minimum Gasteiger partial charge on any atom is -0.478 e. The van der Waals surface area contributed by atoms with E-state index in [0.717, 1.165) is 15.6 Å². The Hall–Kier alpha value is -2.12. The molecule has 0 radical (unpaired) electrons. The van der Waals surface area contributed by atoms with Crippen molar-refractivity contribution in [1.29, 1.82) is 0 Å². The molecule has 5 nitrogen and oxygen atoms in total. The second-order valence-corrected chi connectivity index (χ2v) is 5.40. The van der Waals surface area contributed by atoms with Crippen LogP contribution >= 0.6 is 22.7 Å². The summed E-state index contributed by atoms with van der Waals surface area (Å²) < 4.78 is 0. The normalized spacial score (nSPS) is 10.5.